The molecular weight excluding hydrogens is 442 g/mol. The fourth-order valence-corrected chi connectivity index (χ4v) is 4.66. The molecule has 1 atom stereocenters. The molecule has 8 nitrogen and oxygen atoms in total. The Kier molecular flexibility index (Phi) is 6.60. The average molecular weight is 468 g/mol. The lowest BCUT2D eigenvalue weighted by Crippen LogP contribution is -2.31. The number of hydrogen-bond acceptors (Lipinski definition) is 7. The molecule has 172 valence electrons. The second-order valence-corrected chi connectivity index (χ2v) is 8.64. The predicted molar refractivity (Wildman–Crippen MR) is 127 cm³/mol. The molecule has 33 heavy (non-hydrogen) atoms. The number of rotatable bonds is 7. The Labute approximate surface area is 195 Å². The van der Waals surface area contributed by atoms with E-state index >= 15 is 0 Å². The summed E-state index contributed by atoms with van der Waals surface area (Å²) in [5, 5.41) is 3.20. The van der Waals surface area contributed by atoms with Crippen LogP contribution in [0, 0.1) is 6.92 Å². The lowest BCUT2D eigenvalue weighted by molar-refractivity contribution is -0.116. The molecule has 1 aliphatic heterocycles. The first-order valence-corrected chi connectivity index (χ1v) is 11.3. The third-order valence-electron chi connectivity index (χ3n) is 5.51. The Balaban J connectivity index is 1.70. The van der Waals surface area contributed by atoms with Gasteiger partial charge in [-0.3, -0.25) is 9.59 Å². The maximum absolute atomic E-state index is 13.1. The fraction of sp³-hybridized carbons (Fsp3) is 0.292. The van der Waals surface area contributed by atoms with E-state index in [4.69, 9.17) is 14.2 Å². The number of fused-ring (bicyclic) bond motifs is 1. The van der Waals surface area contributed by atoms with Crippen molar-refractivity contribution in [2.75, 3.05) is 26.6 Å². The van der Waals surface area contributed by atoms with Crippen LogP contribution in [0.25, 0.3) is 0 Å². The minimum absolute atomic E-state index is 0.103. The van der Waals surface area contributed by atoms with Gasteiger partial charge in [-0.05, 0) is 30.2 Å². The monoisotopic (exact) mass is 467 g/mol. The highest BCUT2D eigenvalue weighted by molar-refractivity contribution is 7.98. The van der Waals surface area contributed by atoms with Crippen molar-refractivity contribution in [2.24, 2.45) is 0 Å². The minimum Gasteiger partial charge on any atom is -0.493 e. The fourth-order valence-electron chi connectivity index (χ4n) is 3.84. The third kappa shape index (κ3) is 4.68. The molecule has 4 rings (SSSR count). The number of anilines is 1. The van der Waals surface area contributed by atoms with Gasteiger partial charge in [0.1, 0.15) is 5.82 Å². The van der Waals surface area contributed by atoms with Crippen LogP contribution in [0.5, 0.6) is 17.2 Å². The average Bonchev–Trinajstić information content (AvgIpc) is 2.81. The number of methoxy groups -OCH3 is 3. The van der Waals surface area contributed by atoms with Gasteiger partial charge in [0, 0.05) is 18.1 Å². The van der Waals surface area contributed by atoms with E-state index in [-0.39, 0.29) is 23.7 Å². The van der Waals surface area contributed by atoms with Crippen LogP contribution in [0.1, 0.15) is 34.6 Å². The molecule has 2 heterocycles. The number of aryl methyl sites for hydroxylation is 1. The van der Waals surface area contributed by atoms with Gasteiger partial charge in [-0.2, -0.15) is 0 Å². The van der Waals surface area contributed by atoms with Crippen molar-refractivity contribution < 1.29 is 19.0 Å². The van der Waals surface area contributed by atoms with E-state index in [0.29, 0.717) is 39.3 Å². The van der Waals surface area contributed by atoms with Crippen LogP contribution < -0.4 is 25.1 Å². The molecule has 1 amide bonds. The van der Waals surface area contributed by atoms with Gasteiger partial charge in [-0.25, -0.2) is 4.98 Å². The molecular formula is C24H25N3O5S. The van der Waals surface area contributed by atoms with E-state index in [9.17, 15) is 9.59 Å². The van der Waals surface area contributed by atoms with E-state index < -0.39 is 5.92 Å². The number of H-pyrrole nitrogens is 1. The van der Waals surface area contributed by atoms with Crippen molar-refractivity contribution in [3.05, 3.63) is 69.0 Å². The number of carbonyl (C=O) groups is 1. The van der Waals surface area contributed by atoms with E-state index in [0.717, 1.165) is 5.56 Å². The van der Waals surface area contributed by atoms with Gasteiger partial charge < -0.3 is 24.5 Å². The maximum atomic E-state index is 13.1. The quantitative estimate of drug-likeness (QED) is 0.402. The summed E-state index contributed by atoms with van der Waals surface area (Å²) in [4.78, 5) is 33.0. The van der Waals surface area contributed by atoms with Gasteiger partial charge in [0.2, 0.25) is 11.7 Å². The lowest BCUT2D eigenvalue weighted by atomic mass is 9.86. The Bertz CT molecular complexity index is 1210. The molecule has 0 fully saturated rings. The first-order chi connectivity index (χ1) is 15.9. The zero-order valence-corrected chi connectivity index (χ0v) is 19.7. The van der Waals surface area contributed by atoms with Crippen molar-refractivity contribution in [1.82, 2.24) is 9.97 Å². The standard InChI is InChI=1S/C24H25N3O5S/c1-13-5-7-14(8-6-13)12-33-24-26-22-20(23(29)27-24)16(11-19(28)25-22)15-9-17(30-2)21(32-4)18(10-15)31-3/h5-10,16H,11-12H2,1-4H3,(H2,25,26,27,28,29)/t16-/m1/s1. The Hall–Kier alpha value is -3.46. The highest BCUT2D eigenvalue weighted by Gasteiger charge is 2.32. The molecule has 1 aromatic heterocycles. The van der Waals surface area contributed by atoms with Crippen molar-refractivity contribution in [1.29, 1.82) is 0 Å². The Morgan fingerprint density at radius 1 is 1.03 bits per heavy atom. The Morgan fingerprint density at radius 3 is 2.30 bits per heavy atom. The number of thioether (sulfide) groups is 1. The highest BCUT2D eigenvalue weighted by atomic mass is 32.2. The van der Waals surface area contributed by atoms with Crippen molar-refractivity contribution in [3.63, 3.8) is 0 Å². The molecule has 0 aliphatic carbocycles. The van der Waals surface area contributed by atoms with E-state index in [1.165, 1.54) is 38.7 Å². The van der Waals surface area contributed by atoms with Gasteiger partial charge in [0.15, 0.2) is 16.7 Å². The summed E-state index contributed by atoms with van der Waals surface area (Å²) in [5.41, 5.74) is 3.12. The molecule has 0 saturated carbocycles. The number of aromatic nitrogens is 2. The molecule has 1 aliphatic rings. The maximum Gasteiger partial charge on any atom is 0.257 e. The smallest absolute Gasteiger partial charge is 0.257 e. The van der Waals surface area contributed by atoms with Gasteiger partial charge in [-0.1, -0.05) is 41.6 Å². The second-order valence-electron chi connectivity index (χ2n) is 7.67. The molecule has 2 aromatic carbocycles. The summed E-state index contributed by atoms with van der Waals surface area (Å²) in [6.45, 7) is 2.03. The molecule has 0 saturated heterocycles. The molecule has 0 bridgehead atoms. The Morgan fingerprint density at radius 2 is 1.70 bits per heavy atom. The molecule has 0 unspecified atom stereocenters. The largest absolute Gasteiger partial charge is 0.493 e. The molecule has 0 radical (unpaired) electrons. The second kappa shape index (κ2) is 9.58. The first kappa shape index (κ1) is 22.7. The van der Waals surface area contributed by atoms with Gasteiger partial charge in [0.25, 0.3) is 5.56 Å². The number of amides is 1. The highest BCUT2D eigenvalue weighted by Crippen LogP contribution is 2.43. The SMILES string of the molecule is COc1cc([C@H]2CC(=O)Nc3nc(SCc4ccc(C)cc4)[nH]c(=O)c32)cc(OC)c1OC. The first-order valence-electron chi connectivity index (χ1n) is 10.4. The number of ether oxygens (including phenoxy) is 3. The van der Waals surface area contributed by atoms with Crippen LogP contribution in [0.3, 0.4) is 0 Å². The lowest BCUT2D eigenvalue weighted by Gasteiger charge is -2.25. The summed E-state index contributed by atoms with van der Waals surface area (Å²) >= 11 is 1.41. The van der Waals surface area contributed by atoms with Gasteiger partial charge >= 0.3 is 0 Å². The molecule has 9 heteroatoms. The number of nitrogens with zero attached hydrogens (tertiary/aromatic N) is 1. The van der Waals surface area contributed by atoms with Crippen molar-refractivity contribution >= 4 is 23.5 Å². The van der Waals surface area contributed by atoms with Crippen molar-refractivity contribution in [2.45, 2.75) is 30.2 Å². The number of benzene rings is 2. The van der Waals surface area contributed by atoms with Crippen LogP contribution in [-0.4, -0.2) is 37.2 Å². The van der Waals surface area contributed by atoms with Gasteiger partial charge in [-0.15, -0.1) is 0 Å². The zero-order chi connectivity index (χ0) is 23.5. The summed E-state index contributed by atoms with van der Waals surface area (Å²) < 4.78 is 16.3. The third-order valence-corrected chi connectivity index (χ3v) is 6.46. The number of nitrogens with one attached hydrogen (secondary N) is 2. The normalized spacial score (nSPS) is 14.9. The molecule has 2 N–H and O–H groups in total. The van der Waals surface area contributed by atoms with Crippen LogP contribution in [0.4, 0.5) is 5.82 Å². The van der Waals surface area contributed by atoms with Crippen LogP contribution in [0.2, 0.25) is 0 Å². The van der Waals surface area contributed by atoms with Crippen LogP contribution in [-0.2, 0) is 10.5 Å². The zero-order valence-electron chi connectivity index (χ0n) is 18.9. The van der Waals surface area contributed by atoms with E-state index in [1.807, 2.05) is 31.2 Å². The number of carbonyl (C=O) groups excluding carboxylic acids is 1. The number of aromatic amines is 1. The van der Waals surface area contributed by atoms with Crippen LogP contribution in [0.15, 0.2) is 46.3 Å². The molecule has 3 aromatic rings. The van der Waals surface area contributed by atoms with Crippen molar-refractivity contribution in [3.8, 4) is 17.2 Å². The number of hydrogen-bond donors (Lipinski definition) is 2. The van der Waals surface area contributed by atoms with Crippen LogP contribution >= 0.6 is 11.8 Å². The topological polar surface area (TPSA) is 103 Å². The summed E-state index contributed by atoms with van der Waals surface area (Å²) in [6, 6.07) is 11.7. The summed E-state index contributed by atoms with van der Waals surface area (Å²) in [5.74, 6) is 1.55. The molecule has 0 spiro atoms. The summed E-state index contributed by atoms with van der Waals surface area (Å²) in [7, 11) is 4.57. The minimum atomic E-state index is -0.505. The van der Waals surface area contributed by atoms with E-state index in [2.05, 4.69) is 15.3 Å². The summed E-state index contributed by atoms with van der Waals surface area (Å²) in [6.07, 6.45) is 0.103. The van der Waals surface area contributed by atoms with E-state index in [1.54, 1.807) is 12.1 Å². The predicted octanol–water partition coefficient (Wildman–Crippen LogP) is 3.87. The van der Waals surface area contributed by atoms with Gasteiger partial charge in [0.05, 0.1) is 26.9 Å².